The number of hydrogen-bond donors (Lipinski definition) is 1. The fraction of sp³-hybridized carbons (Fsp3) is 0.364. The van der Waals surface area contributed by atoms with E-state index in [0.717, 1.165) is 23.5 Å². The van der Waals surface area contributed by atoms with Crippen molar-refractivity contribution in [2.75, 3.05) is 6.61 Å². The lowest BCUT2D eigenvalue weighted by atomic mass is 10.0. The zero-order valence-electron chi connectivity index (χ0n) is 14.7. The van der Waals surface area contributed by atoms with E-state index >= 15 is 0 Å². The normalized spacial score (nSPS) is 12.4. The van der Waals surface area contributed by atoms with Gasteiger partial charge >= 0.3 is 0 Å². The van der Waals surface area contributed by atoms with E-state index in [4.69, 9.17) is 4.74 Å². The van der Waals surface area contributed by atoms with Crippen LogP contribution in [-0.2, 0) is 0 Å². The molecule has 2 nitrogen and oxygen atoms in total. The smallest absolute Gasteiger partial charge is 0.119 e. The largest absolute Gasteiger partial charge is 0.508 e. The van der Waals surface area contributed by atoms with Crippen molar-refractivity contribution in [1.29, 1.82) is 0 Å². The minimum absolute atomic E-state index is 0.290. The van der Waals surface area contributed by atoms with Crippen LogP contribution in [0.1, 0.15) is 50.7 Å². The summed E-state index contributed by atoms with van der Waals surface area (Å²) in [7, 11) is 0. The molecule has 2 heteroatoms. The van der Waals surface area contributed by atoms with E-state index in [2.05, 4.69) is 32.1 Å². The molecule has 2 aromatic rings. The zero-order valence-corrected chi connectivity index (χ0v) is 14.7. The van der Waals surface area contributed by atoms with Gasteiger partial charge in [-0.3, -0.25) is 0 Å². The van der Waals surface area contributed by atoms with Crippen LogP contribution in [0, 0.1) is 5.92 Å². The number of phenols is 1. The molecule has 0 aliphatic heterocycles. The lowest BCUT2D eigenvalue weighted by Gasteiger charge is -2.15. The fourth-order valence-electron chi connectivity index (χ4n) is 2.57. The second-order valence-electron chi connectivity index (χ2n) is 6.22. The summed E-state index contributed by atoms with van der Waals surface area (Å²) in [5, 5.41) is 9.29. The summed E-state index contributed by atoms with van der Waals surface area (Å²) < 4.78 is 5.94. The molecule has 0 saturated heterocycles. The van der Waals surface area contributed by atoms with E-state index in [1.54, 1.807) is 12.1 Å². The number of ether oxygens (including phenoxy) is 1. The van der Waals surface area contributed by atoms with Gasteiger partial charge < -0.3 is 9.84 Å². The molecule has 0 aliphatic rings. The standard InChI is InChI=1S/C22H28O2/c1-3-5-6-18(4-2)17-24-22-15-11-20(12-16-22)8-7-19-9-13-21(23)14-10-19/h7-16,18,23H,3-6,17H2,1-2H3/b8-7+. The molecule has 1 atom stereocenters. The van der Waals surface area contributed by atoms with Crippen LogP contribution in [0.4, 0.5) is 0 Å². The molecule has 0 aromatic heterocycles. The first kappa shape index (κ1) is 18.1. The minimum atomic E-state index is 0.290. The Balaban J connectivity index is 1.87. The van der Waals surface area contributed by atoms with Crippen LogP contribution in [0.3, 0.4) is 0 Å². The van der Waals surface area contributed by atoms with Crippen molar-refractivity contribution in [2.24, 2.45) is 5.92 Å². The maximum Gasteiger partial charge on any atom is 0.119 e. The van der Waals surface area contributed by atoms with Crippen LogP contribution in [0.5, 0.6) is 11.5 Å². The van der Waals surface area contributed by atoms with Gasteiger partial charge in [0, 0.05) is 0 Å². The Hall–Kier alpha value is -2.22. The topological polar surface area (TPSA) is 29.5 Å². The third kappa shape index (κ3) is 6.11. The van der Waals surface area contributed by atoms with Gasteiger partial charge in [0.1, 0.15) is 11.5 Å². The van der Waals surface area contributed by atoms with E-state index in [-0.39, 0.29) is 5.75 Å². The molecule has 1 N–H and O–H groups in total. The highest BCUT2D eigenvalue weighted by molar-refractivity contribution is 5.70. The molecule has 2 rings (SSSR count). The van der Waals surface area contributed by atoms with Crippen molar-refractivity contribution in [1.82, 2.24) is 0 Å². The second-order valence-corrected chi connectivity index (χ2v) is 6.22. The highest BCUT2D eigenvalue weighted by Crippen LogP contribution is 2.19. The lowest BCUT2D eigenvalue weighted by Crippen LogP contribution is -2.11. The number of unbranched alkanes of at least 4 members (excludes halogenated alkanes) is 1. The van der Waals surface area contributed by atoms with Gasteiger partial charge in [-0.15, -0.1) is 0 Å². The summed E-state index contributed by atoms with van der Waals surface area (Å²) >= 11 is 0. The van der Waals surface area contributed by atoms with Gasteiger partial charge in [0.05, 0.1) is 6.61 Å². The maximum atomic E-state index is 9.29. The Morgan fingerprint density at radius 2 is 1.50 bits per heavy atom. The summed E-state index contributed by atoms with van der Waals surface area (Å²) in [6, 6.07) is 15.4. The number of aromatic hydroxyl groups is 1. The molecule has 0 heterocycles. The van der Waals surface area contributed by atoms with Gasteiger partial charge in [-0.1, -0.05) is 69.5 Å². The molecule has 0 saturated carbocycles. The maximum absolute atomic E-state index is 9.29. The Kier molecular flexibility index (Phi) is 7.41. The van der Waals surface area contributed by atoms with Crippen molar-refractivity contribution in [3.8, 4) is 11.5 Å². The van der Waals surface area contributed by atoms with Crippen LogP contribution in [0.15, 0.2) is 48.5 Å². The monoisotopic (exact) mass is 324 g/mol. The molecule has 0 spiro atoms. The van der Waals surface area contributed by atoms with Crippen molar-refractivity contribution in [2.45, 2.75) is 39.5 Å². The van der Waals surface area contributed by atoms with E-state index in [1.165, 1.54) is 25.7 Å². The molecule has 2 aromatic carbocycles. The van der Waals surface area contributed by atoms with Crippen LogP contribution in [0.2, 0.25) is 0 Å². The molecule has 0 aliphatic carbocycles. The third-order valence-electron chi connectivity index (χ3n) is 4.27. The average molecular weight is 324 g/mol. The van der Waals surface area contributed by atoms with Crippen LogP contribution in [-0.4, -0.2) is 11.7 Å². The van der Waals surface area contributed by atoms with E-state index in [9.17, 15) is 5.11 Å². The molecule has 0 fully saturated rings. The van der Waals surface area contributed by atoms with Crippen molar-refractivity contribution in [3.05, 3.63) is 59.7 Å². The molecule has 0 bridgehead atoms. The number of hydrogen-bond acceptors (Lipinski definition) is 2. The van der Waals surface area contributed by atoms with Gasteiger partial charge in [-0.05, 0) is 47.7 Å². The predicted octanol–water partition coefficient (Wildman–Crippen LogP) is 6.16. The van der Waals surface area contributed by atoms with E-state index in [1.807, 2.05) is 30.3 Å². The fourth-order valence-corrected chi connectivity index (χ4v) is 2.57. The Morgan fingerprint density at radius 3 is 2.04 bits per heavy atom. The Labute approximate surface area is 145 Å². The van der Waals surface area contributed by atoms with Gasteiger partial charge in [0.15, 0.2) is 0 Å². The van der Waals surface area contributed by atoms with Crippen molar-refractivity contribution >= 4 is 12.2 Å². The molecule has 24 heavy (non-hydrogen) atoms. The lowest BCUT2D eigenvalue weighted by molar-refractivity contribution is 0.233. The molecular formula is C22H28O2. The summed E-state index contributed by atoms with van der Waals surface area (Å²) in [5.74, 6) is 1.88. The predicted molar refractivity (Wildman–Crippen MR) is 102 cm³/mol. The minimum Gasteiger partial charge on any atom is -0.508 e. The SMILES string of the molecule is CCCCC(CC)COc1ccc(/C=C/c2ccc(O)cc2)cc1. The van der Waals surface area contributed by atoms with Crippen molar-refractivity contribution in [3.63, 3.8) is 0 Å². The number of phenolic OH excluding ortho intramolecular Hbond substituents is 1. The zero-order chi connectivity index (χ0) is 17.2. The Morgan fingerprint density at radius 1 is 0.917 bits per heavy atom. The van der Waals surface area contributed by atoms with Crippen LogP contribution in [0.25, 0.3) is 12.2 Å². The van der Waals surface area contributed by atoms with E-state index < -0.39 is 0 Å². The van der Waals surface area contributed by atoms with Gasteiger partial charge in [-0.25, -0.2) is 0 Å². The molecule has 1 unspecified atom stereocenters. The van der Waals surface area contributed by atoms with Gasteiger partial charge in [-0.2, -0.15) is 0 Å². The van der Waals surface area contributed by atoms with Gasteiger partial charge in [0.25, 0.3) is 0 Å². The summed E-state index contributed by atoms with van der Waals surface area (Å²) in [6.07, 6.45) is 9.05. The van der Waals surface area contributed by atoms with Crippen LogP contribution < -0.4 is 4.74 Å². The highest BCUT2D eigenvalue weighted by Gasteiger charge is 2.06. The number of rotatable bonds is 9. The summed E-state index contributed by atoms with van der Waals surface area (Å²) in [4.78, 5) is 0. The quantitative estimate of drug-likeness (QED) is 0.560. The highest BCUT2D eigenvalue weighted by atomic mass is 16.5. The first-order chi connectivity index (χ1) is 11.7. The molecule has 0 radical (unpaired) electrons. The van der Waals surface area contributed by atoms with E-state index in [0.29, 0.717) is 5.92 Å². The van der Waals surface area contributed by atoms with Crippen LogP contribution >= 0.6 is 0 Å². The number of benzene rings is 2. The summed E-state index contributed by atoms with van der Waals surface area (Å²) in [6.45, 7) is 5.28. The van der Waals surface area contributed by atoms with Crippen molar-refractivity contribution < 1.29 is 9.84 Å². The first-order valence-electron chi connectivity index (χ1n) is 8.91. The molecular weight excluding hydrogens is 296 g/mol. The average Bonchev–Trinajstić information content (AvgIpc) is 2.62. The molecule has 128 valence electrons. The second kappa shape index (κ2) is 9.82. The first-order valence-corrected chi connectivity index (χ1v) is 8.91. The van der Waals surface area contributed by atoms with Gasteiger partial charge in [0.2, 0.25) is 0 Å². The molecule has 0 amide bonds. The Bertz CT molecular complexity index is 611. The third-order valence-corrected chi connectivity index (χ3v) is 4.27. The summed E-state index contributed by atoms with van der Waals surface area (Å²) in [5.41, 5.74) is 2.20.